The normalized spacial score (nSPS) is 28.5. The van der Waals surface area contributed by atoms with E-state index in [1.165, 1.54) is 12.8 Å². The van der Waals surface area contributed by atoms with Crippen LogP contribution in [0.5, 0.6) is 0 Å². The summed E-state index contributed by atoms with van der Waals surface area (Å²) in [7, 11) is 1.55. The smallest absolute Gasteiger partial charge is 0.248 e. The number of carbonyl (C=O) groups excluding carboxylic acids is 1. The SMILES string of the molecule is COC(C)C(=O)NCC1NCCCC1C. The van der Waals surface area contributed by atoms with Crippen molar-refractivity contribution in [1.82, 2.24) is 10.6 Å². The Morgan fingerprint density at radius 2 is 2.40 bits per heavy atom. The lowest BCUT2D eigenvalue weighted by atomic mass is 9.93. The Hall–Kier alpha value is -0.610. The first-order chi connectivity index (χ1) is 7.15. The minimum absolute atomic E-state index is 0.0305. The van der Waals surface area contributed by atoms with Crippen molar-refractivity contribution in [2.45, 2.75) is 38.8 Å². The van der Waals surface area contributed by atoms with Crippen molar-refractivity contribution in [3.8, 4) is 0 Å². The Morgan fingerprint density at radius 1 is 1.67 bits per heavy atom. The molecule has 0 radical (unpaired) electrons. The molecule has 0 aliphatic carbocycles. The number of carbonyl (C=O) groups is 1. The molecule has 15 heavy (non-hydrogen) atoms. The van der Waals surface area contributed by atoms with Gasteiger partial charge in [-0.05, 0) is 32.2 Å². The fourth-order valence-electron chi connectivity index (χ4n) is 1.85. The molecule has 0 aromatic rings. The van der Waals surface area contributed by atoms with Crippen LogP contribution in [0.1, 0.15) is 26.7 Å². The largest absolute Gasteiger partial charge is 0.372 e. The van der Waals surface area contributed by atoms with E-state index in [0.717, 1.165) is 6.54 Å². The number of amides is 1. The maximum Gasteiger partial charge on any atom is 0.248 e. The quantitative estimate of drug-likeness (QED) is 0.717. The average molecular weight is 214 g/mol. The van der Waals surface area contributed by atoms with Crippen LogP contribution in [0.15, 0.2) is 0 Å². The second-order valence-corrected chi connectivity index (χ2v) is 4.30. The molecule has 1 heterocycles. The van der Waals surface area contributed by atoms with Crippen LogP contribution in [0.4, 0.5) is 0 Å². The van der Waals surface area contributed by atoms with Crippen LogP contribution in [0.25, 0.3) is 0 Å². The van der Waals surface area contributed by atoms with Gasteiger partial charge in [-0.2, -0.15) is 0 Å². The molecule has 3 unspecified atom stereocenters. The number of ether oxygens (including phenoxy) is 1. The second kappa shape index (κ2) is 6.08. The molecule has 1 aliphatic rings. The highest BCUT2D eigenvalue weighted by Crippen LogP contribution is 2.14. The van der Waals surface area contributed by atoms with Crippen molar-refractivity contribution in [1.29, 1.82) is 0 Å². The maximum atomic E-state index is 11.5. The van der Waals surface area contributed by atoms with E-state index in [1.807, 2.05) is 0 Å². The van der Waals surface area contributed by atoms with E-state index in [4.69, 9.17) is 4.74 Å². The Bertz CT molecular complexity index is 209. The number of nitrogens with one attached hydrogen (secondary N) is 2. The molecule has 4 nitrogen and oxygen atoms in total. The summed E-state index contributed by atoms with van der Waals surface area (Å²) in [5.41, 5.74) is 0. The van der Waals surface area contributed by atoms with E-state index in [9.17, 15) is 4.79 Å². The number of hydrogen-bond acceptors (Lipinski definition) is 3. The third-order valence-corrected chi connectivity index (χ3v) is 3.15. The Kier molecular flexibility index (Phi) is 5.05. The molecule has 4 heteroatoms. The van der Waals surface area contributed by atoms with E-state index in [0.29, 0.717) is 18.5 Å². The fourth-order valence-corrected chi connectivity index (χ4v) is 1.85. The van der Waals surface area contributed by atoms with Crippen LogP contribution < -0.4 is 10.6 Å². The van der Waals surface area contributed by atoms with Crippen LogP contribution in [0, 0.1) is 5.92 Å². The Morgan fingerprint density at radius 3 is 3.00 bits per heavy atom. The molecule has 2 N–H and O–H groups in total. The van der Waals surface area contributed by atoms with Crippen molar-refractivity contribution in [3.63, 3.8) is 0 Å². The van der Waals surface area contributed by atoms with E-state index >= 15 is 0 Å². The summed E-state index contributed by atoms with van der Waals surface area (Å²) < 4.78 is 4.95. The maximum absolute atomic E-state index is 11.5. The molecule has 1 fully saturated rings. The summed E-state index contributed by atoms with van der Waals surface area (Å²) in [4.78, 5) is 11.5. The monoisotopic (exact) mass is 214 g/mol. The lowest BCUT2D eigenvalue weighted by Crippen LogP contribution is -2.49. The first kappa shape index (κ1) is 12.5. The lowest BCUT2D eigenvalue weighted by molar-refractivity contribution is -0.130. The molecular weight excluding hydrogens is 192 g/mol. The van der Waals surface area contributed by atoms with Gasteiger partial charge in [0.05, 0.1) is 0 Å². The average Bonchev–Trinajstić information content (AvgIpc) is 2.26. The number of methoxy groups -OCH3 is 1. The first-order valence-electron chi connectivity index (χ1n) is 5.69. The van der Waals surface area contributed by atoms with Crippen LogP contribution >= 0.6 is 0 Å². The third kappa shape index (κ3) is 3.80. The van der Waals surface area contributed by atoms with Crippen LogP contribution in [-0.4, -0.2) is 38.3 Å². The predicted molar refractivity (Wildman–Crippen MR) is 59.7 cm³/mol. The van der Waals surface area contributed by atoms with Gasteiger partial charge in [0.1, 0.15) is 6.10 Å². The summed E-state index contributed by atoms with van der Waals surface area (Å²) >= 11 is 0. The summed E-state index contributed by atoms with van der Waals surface area (Å²) in [6.07, 6.45) is 2.12. The topological polar surface area (TPSA) is 50.4 Å². The molecule has 88 valence electrons. The summed E-state index contributed by atoms with van der Waals surface area (Å²) in [6, 6.07) is 0.409. The van der Waals surface area contributed by atoms with Gasteiger partial charge >= 0.3 is 0 Å². The molecule has 1 saturated heterocycles. The molecule has 0 bridgehead atoms. The molecule has 0 saturated carbocycles. The molecular formula is C11H22N2O2. The van der Waals surface area contributed by atoms with Crippen LogP contribution in [0.2, 0.25) is 0 Å². The van der Waals surface area contributed by atoms with Gasteiger partial charge in [0.15, 0.2) is 0 Å². The van der Waals surface area contributed by atoms with Gasteiger partial charge in [0.25, 0.3) is 0 Å². The zero-order valence-corrected chi connectivity index (χ0v) is 9.88. The van der Waals surface area contributed by atoms with Gasteiger partial charge < -0.3 is 15.4 Å². The van der Waals surface area contributed by atoms with Crippen molar-refractivity contribution in [2.24, 2.45) is 5.92 Å². The minimum atomic E-state index is -0.358. The van der Waals surface area contributed by atoms with Gasteiger partial charge in [-0.1, -0.05) is 6.92 Å². The van der Waals surface area contributed by atoms with E-state index in [-0.39, 0.29) is 12.0 Å². The van der Waals surface area contributed by atoms with Crippen molar-refractivity contribution in [3.05, 3.63) is 0 Å². The number of hydrogen-bond donors (Lipinski definition) is 2. The van der Waals surface area contributed by atoms with Gasteiger partial charge in [0.2, 0.25) is 5.91 Å². The molecule has 1 rings (SSSR count). The fraction of sp³-hybridized carbons (Fsp3) is 0.909. The van der Waals surface area contributed by atoms with Crippen LogP contribution in [-0.2, 0) is 9.53 Å². The number of piperidine rings is 1. The molecule has 3 atom stereocenters. The second-order valence-electron chi connectivity index (χ2n) is 4.30. The van der Waals surface area contributed by atoms with E-state index < -0.39 is 0 Å². The van der Waals surface area contributed by atoms with Crippen molar-refractivity contribution in [2.75, 3.05) is 20.2 Å². The van der Waals surface area contributed by atoms with Gasteiger partial charge in [-0.3, -0.25) is 4.79 Å². The molecule has 0 spiro atoms. The first-order valence-corrected chi connectivity index (χ1v) is 5.69. The van der Waals surface area contributed by atoms with Gasteiger partial charge in [0, 0.05) is 19.7 Å². The van der Waals surface area contributed by atoms with Gasteiger partial charge in [-0.15, -0.1) is 0 Å². The van der Waals surface area contributed by atoms with Crippen LogP contribution in [0.3, 0.4) is 0 Å². The van der Waals surface area contributed by atoms with Gasteiger partial charge in [-0.25, -0.2) is 0 Å². The molecule has 0 aromatic heterocycles. The number of rotatable bonds is 4. The zero-order valence-electron chi connectivity index (χ0n) is 9.88. The molecule has 0 aromatic carbocycles. The lowest BCUT2D eigenvalue weighted by Gasteiger charge is -2.30. The highest BCUT2D eigenvalue weighted by Gasteiger charge is 2.21. The third-order valence-electron chi connectivity index (χ3n) is 3.15. The Balaban J connectivity index is 2.26. The molecule has 1 aliphatic heterocycles. The van der Waals surface area contributed by atoms with E-state index in [1.54, 1.807) is 14.0 Å². The van der Waals surface area contributed by atoms with E-state index in [2.05, 4.69) is 17.6 Å². The summed E-state index contributed by atoms with van der Waals surface area (Å²) in [5, 5.41) is 6.33. The Labute approximate surface area is 91.8 Å². The predicted octanol–water partition coefficient (Wildman–Crippen LogP) is 0.526. The zero-order chi connectivity index (χ0) is 11.3. The minimum Gasteiger partial charge on any atom is -0.372 e. The summed E-state index contributed by atoms with van der Waals surface area (Å²) in [6.45, 7) is 5.74. The highest BCUT2D eigenvalue weighted by atomic mass is 16.5. The standard InChI is InChI=1S/C11H22N2O2/c1-8-5-4-6-12-10(8)7-13-11(14)9(2)15-3/h8-10,12H,4-7H2,1-3H3,(H,13,14). The molecule has 1 amide bonds. The highest BCUT2D eigenvalue weighted by molar-refractivity contribution is 5.80. The summed E-state index contributed by atoms with van der Waals surface area (Å²) in [5.74, 6) is 0.606. The van der Waals surface area contributed by atoms with Crippen molar-refractivity contribution < 1.29 is 9.53 Å². The van der Waals surface area contributed by atoms with Crippen molar-refractivity contribution >= 4 is 5.91 Å².